The van der Waals surface area contributed by atoms with E-state index < -0.39 is 9.84 Å². The smallest absolute Gasteiger partial charge is 0.260 e. The normalized spacial score (nSPS) is 16.7. The van der Waals surface area contributed by atoms with Gasteiger partial charge in [-0.1, -0.05) is 24.3 Å². The van der Waals surface area contributed by atoms with Crippen molar-refractivity contribution < 1.29 is 17.9 Å². The molecular weight excluding hydrogens is 432 g/mol. The Labute approximate surface area is 186 Å². The summed E-state index contributed by atoms with van der Waals surface area (Å²) in [5.74, 6) is -0.181. The summed E-state index contributed by atoms with van der Waals surface area (Å²) in [5.41, 5.74) is 3.58. The first-order valence-corrected chi connectivity index (χ1v) is 12.9. The lowest BCUT2D eigenvalue weighted by molar-refractivity contribution is 0.0917. The van der Waals surface area contributed by atoms with Crippen molar-refractivity contribution in [1.82, 2.24) is 4.98 Å². The fourth-order valence-electron chi connectivity index (χ4n) is 3.85. The first kappa shape index (κ1) is 21.9. The number of benzene rings is 2. The minimum absolute atomic E-state index is 0.0237. The third-order valence-electron chi connectivity index (χ3n) is 5.54. The molecule has 0 bridgehead atoms. The van der Waals surface area contributed by atoms with Crippen LogP contribution < -0.4 is 4.90 Å². The van der Waals surface area contributed by atoms with E-state index in [0.717, 1.165) is 34.2 Å². The molecule has 1 fully saturated rings. The van der Waals surface area contributed by atoms with Crippen LogP contribution in [0, 0.1) is 13.8 Å². The Morgan fingerprint density at radius 1 is 1.23 bits per heavy atom. The monoisotopic (exact) mass is 458 g/mol. The van der Waals surface area contributed by atoms with E-state index in [2.05, 4.69) is 13.0 Å². The molecule has 1 atom stereocenters. The molecule has 0 radical (unpaired) electrons. The van der Waals surface area contributed by atoms with Crippen LogP contribution in [0.2, 0.25) is 0 Å². The van der Waals surface area contributed by atoms with Crippen LogP contribution >= 0.6 is 11.3 Å². The number of carbonyl (C=O) groups is 1. The molecule has 0 spiro atoms. The van der Waals surface area contributed by atoms with Crippen LogP contribution in [0.1, 0.15) is 41.3 Å². The van der Waals surface area contributed by atoms with Gasteiger partial charge in [0.1, 0.15) is 0 Å². The fourth-order valence-corrected chi connectivity index (χ4v) is 5.75. The van der Waals surface area contributed by atoms with Crippen LogP contribution in [-0.2, 0) is 14.6 Å². The zero-order chi connectivity index (χ0) is 22.2. The number of anilines is 1. The number of nitrogens with zero attached hydrogens (tertiary/aromatic N) is 2. The molecule has 164 valence electrons. The van der Waals surface area contributed by atoms with Crippen molar-refractivity contribution in [1.29, 1.82) is 0 Å². The highest BCUT2D eigenvalue weighted by atomic mass is 32.2. The van der Waals surface area contributed by atoms with Crippen LogP contribution in [-0.4, -0.2) is 44.3 Å². The van der Waals surface area contributed by atoms with E-state index in [1.54, 1.807) is 24.0 Å². The molecule has 1 aliphatic heterocycles. The zero-order valence-corrected chi connectivity index (χ0v) is 19.6. The zero-order valence-electron chi connectivity index (χ0n) is 17.9. The van der Waals surface area contributed by atoms with E-state index in [1.165, 1.54) is 23.5 Å². The van der Waals surface area contributed by atoms with Gasteiger partial charge in [-0.15, -0.1) is 0 Å². The summed E-state index contributed by atoms with van der Waals surface area (Å²) in [6.07, 6.45) is 1.85. The van der Waals surface area contributed by atoms with Crippen LogP contribution in [0.25, 0.3) is 10.2 Å². The Morgan fingerprint density at radius 3 is 2.61 bits per heavy atom. The van der Waals surface area contributed by atoms with Crippen molar-refractivity contribution in [3.05, 3.63) is 53.1 Å². The molecule has 1 aliphatic rings. The predicted molar refractivity (Wildman–Crippen MR) is 124 cm³/mol. The lowest BCUT2D eigenvalue weighted by Gasteiger charge is -2.23. The molecule has 0 saturated carbocycles. The minimum atomic E-state index is -3.31. The highest BCUT2D eigenvalue weighted by molar-refractivity contribution is 7.91. The number of thiazole rings is 1. The van der Waals surface area contributed by atoms with Gasteiger partial charge in [0.05, 0.1) is 33.5 Å². The largest absolute Gasteiger partial charge is 0.376 e. The molecule has 1 unspecified atom stereocenters. The SMILES string of the molecule is CCS(=O)(=O)c1ccc(C(=O)N(CC2CCCO2)c2nc3cc(C)cc(C)c3s2)cc1. The van der Waals surface area contributed by atoms with E-state index in [4.69, 9.17) is 9.72 Å². The number of carbonyl (C=O) groups excluding carboxylic acids is 1. The Morgan fingerprint density at radius 2 is 1.97 bits per heavy atom. The number of hydrogen-bond donors (Lipinski definition) is 0. The van der Waals surface area contributed by atoms with Gasteiger partial charge in [-0.05, 0) is 68.1 Å². The molecule has 1 amide bonds. The highest BCUT2D eigenvalue weighted by Crippen LogP contribution is 2.33. The van der Waals surface area contributed by atoms with Crippen molar-refractivity contribution in [2.75, 3.05) is 23.8 Å². The number of rotatable bonds is 6. The summed E-state index contributed by atoms with van der Waals surface area (Å²) in [6, 6.07) is 10.3. The quantitative estimate of drug-likeness (QED) is 0.542. The van der Waals surface area contributed by atoms with E-state index in [1.807, 2.05) is 13.0 Å². The average molecular weight is 459 g/mol. The van der Waals surface area contributed by atoms with Gasteiger partial charge in [-0.2, -0.15) is 0 Å². The maximum atomic E-state index is 13.5. The molecule has 31 heavy (non-hydrogen) atoms. The summed E-state index contributed by atoms with van der Waals surface area (Å²) < 4.78 is 31.1. The molecular formula is C23H26N2O4S2. The first-order chi connectivity index (χ1) is 14.8. The lowest BCUT2D eigenvalue weighted by atomic mass is 10.1. The number of aryl methyl sites for hydroxylation is 2. The van der Waals surface area contributed by atoms with Crippen molar-refractivity contribution in [2.24, 2.45) is 0 Å². The maximum Gasteiger partial charge on any atom is 0.260 e. The molecule has 1 aromatic heterocycles. The first-order valence-electron chi connectivity index (χ1n) is 10.4. The number of amides is 1. The lowest BCUT2D eigenvalue weighted by Crippen LogP contribution is -2.37. The van der Waals surface area contributed by atoms with Gasteiger partial charge in [-0.3, -0.25) is 9.69 Å². The van der Waals surface area contributed by atoms with Gasteiger partial charge >= 0.3 is 0 Å². The van der Waals surface area contributed by atoms with Crippen LogP contribution in [0.3, 0.4) is 0 Å². The second-order valence-electron chi connectivity index (χ2n) is 7.91. The van der Waals surface area contributed by atoms with Gasteiger partial charge in [0.2, 0.25) is 0 Å². The van der Waals surface area contributed by atoms with Crippen molar-refractivity contribution >= 4 is 42.4 Å². The van der Waals surface area contributed by atoms with E-state index in [0.29, 0.717) is 23.8 Å². The van der Waals surface area contributed by atoms with Gasteiger partial charge in [0.25, 0.3) is 5.91 Å². The molecule has 2 heterocycles. The summed E-state index contributed by atoms with van der Waals surface area (Å²) in [5, 5.41) is 0.634. The molecule has 4 rings (SSSR count). The van der Waals surface area contributed by atoms with Crippen molar-refractivity contribution in [3.8, 4) is 0 Å². The third kappa shape index (κ3) is 4.51. The van der Waals surface area contributed by atoms with Crippen LogP contribution in [0.15, 0.2) is 41.3 Å². The minimum Gasteiger partial charge on any atom is -0.376 e. The van der Waals surface area contributed by atoms with Gasteiger partial charge in [0.15, 0.2) is 15.0 Å². The van der Waals surface area contributed by atoms with Gasteiger partial charge < -0.3 is 4.74 Å². The summed E-state index contributed by atoms with van der Waals surface area (Å²) >= 11 is 1.50. The topological polar surface area (TPSA) is 76.6 Å². The second-order valence-corrected chi connectivity index (χ2v) is 11.2. The Hall–Kier alpha value is -2.29. The summed E-state index contributed by atoms with van der Waals surface area (Å²) in [7, 11) is -3.31. The molecule has 1 saturated heterocycles. The summed E-state index contributed by atoms with van der Waals surface area (Å²) in [4.78, 5) is 20.2. The molecule has 2 aromatic carbocycles. The molecule has 3 aromatic rings. The molecule has 6 nitrogen and oxygen atoms in total. The number of fused-ring (bicyclic) bond motifs is 1. The molecule has 8 heteroatoms. The maximum absolute atomic E-state index is 13.5. The standard InChI is InChI=1S/C23H26N2O4S2/c1-4-31(27,28)19-9-7-17(8-10-19)22(26)25(14-18-6-5-11-29-18)23-24-20-13-15(2)12-16(3)21(20)30-23/h7-10,12-13,18H,4-6,11,14H2,1-3H3. The predicted octanol–water partition coefficient (Wildman–Crippen LogP) is 4.53. The van der Waals surface area contributed by atoms with Crippen LogP contribution in [0.4, 0.5) is 5.13 Å². The molecule has 0 N–H and O–H groups in total. The number of sulfone groups is 1. The summed E-state index contributed by atoms with van der Waals surface area (Å²) in [6.45, 7) is 6.82. The Balaban J connectivity index is 1.71. The second kappa shape index (κ2) is 8.68. The fraction of sp³-hybridized carbons (Fsp3) is 0.391. The van der Waals surface area contributed by atoms with E-state index >= 15 is 0 Å². The van der Waals surface area contributed by atoms with E-state index in [-0.39, 0.29) is 22.7 Å². The highest BCUT2D eigenvalue weighted by Gasteiger charge is 2.27. The third-order valence-corrected chi connectivity index (χ3v) is 8.52. The Kier molecular flexibility index (Phi) is 6.14. The van der Waals surface area contributed by atoms with E-state index in [9.17, 15) is 13.2 Å². The molecule has 0 aliphatic carbocycles. The van der Waals surface area contributed by atoms with Crippen molar-refractivity contribution in [3.63, 3.8) is 0 Å². The van der Waals surface area contributed by atoms with Gasteiger partial charge in [-0.25, -0.2) is 13.4 Å². The Bertz CT molecular complexity index is 1210. The number of aromatic nitrogens is 1. The van der Waals surface area contributed by atoms with Gasteiger partial charge in [0, 0.05) is 12.2 Å². The van der Waals surface area contributed by atoms with Crippen molar-refractivity contribution in [2.45, 2.75) is 44.6 Å². The van der Waals surface area contributed by atoms with Crippen LogP contribution in [0.5, 0.6) is 0 Å². The number of hydrogen-bond acceptors (Lipinski definition) is 6. The average Bonchev–Trinajstić information content (AvgIpc) is 3.41. The number of ether oxygens (including phenoxy) is 1.